The van der Waals surface area contributed by atoms with Crippen LogP contribution in [-0.2, 0) is 9.59 Å². The minimum Gasteiger partial charge on any atom is -0.496 e. The van der Waals surface area contributed by atoms with Crippen molar-refractivity contribution in [3.05, 3.63) is 30.0 Å². The van der Waals surface area contributed by atoms with Crippen molar-refractivity contribution in [3.63, 3.8) is 0 Å². The molecule has 2 aliphatic rings. The minimum absolute atomic E-state index is 0.0908. The van der Waals surface area contributed by atoms with Crippen molar-refractivity contribution >= 4 is 28.6 Å². The van der Waals surface area contributed by atoms with E-state index in [1.165, 1.54) is 0 Å². The van der Waals surface area contributed by atoms with Crippen molar-refractivity contribution < 1.29 is 19.1 Å². The van der Waals surface area contributed by atoms with E-state index in [-0.39, 0.29) is 18.2 Å². The molecule has 10 nitrogen and oxygen atoms in total. The van der Waals surface area contributed by atoms with Crippen LogP contribution in [0.4, 0.5) is 0 Å². The second-order valence-electron chi connectivity index (χ2n) is 9.19. The monoisotopic (exact) mass is 480 g/mol. The van der Waals surface area contributed by atoms with E-state index in [4.69, 9.17) is 4.74 Å². The van der Waals surface area contributed by atoms with Crippen LogP contribution in [0.3, 0.4) is 0 Å². The zero-order valence-corrected chi connectivity index (χ0v) is 19.9. The summed E-state index contributed by atoms with van der Waals surface area (Å²) in [4.78, 5) is 43.6. The predicted molar refractivity (Wildman–Crippen MR) is 130 cm³/mol. The van der Waals surface area contributed by atoms with Crippen LogP contribution in [-0.4, -0.2) is 73.0 Å². The summed E-state index contributed by atoms with van der Waals surface area (Å²) >= 11 is 0. The molecule has 4 rings (SSSR count). The van der Waals surface area contributed by atoms with Crippen LogP contribution >= 0.6 is 0 Å². The number of amides is 3. The van der Waals surface area contributed by atoms with Crippen molar-refractivity contribution in [2.45, 2.75) is 44.2 Å². The van der Waals surface area contributed by atoms with E-state index in [2.05, 4.69) is 31.9 Å². The molecule has 3 amide bonds. The van der Waals surface area contributed by atoms with Crippen molar-refractivity contribution in [1.82, 2.24) is 25.8 Å². The summed E-state index contributed by atoms with van der Waals surface area (Å²) in [5, 5.41) is 18.7. The minimum atomic E-state index is -0.845. The number of aromatic nitrogens is 1. The highest BCUT2D eigenvalue weighted by Gasteiger charge is 2.31. The number of rotatable bonds is 9. The van der Waals surface area contributed by atoms with Gasteiger partial charge in [0.15, 0.2) is 0 Å². The number of hydrogen-bond donors (Lipinski definition) is 4. The van der Waals surface area contributed by atoms with E-state index in [0.717, 1.165) is 43.3 Å². The largest absolute Gasteiger partial charge is 0.496 e. The van der Waals surface area contributed by atoms with Gasteiger partial charge in [0.25, 0.3) is 5.91 Å². The fourth-order valence-electron chi connectivity index (χ4n) is 4.83. The third-order valence-electron chi connectivity index (χ3n) is 6.76. The van der Waals surface area contributed by atoms with Gasteiger partial charge in [0.2, 0.25) is 11.8 Å². The zero-order chi connectivity index (χ0) is 24.8. The third kappa shape index (κ3) is 5.92. The van der Waals surface area contributed by atoms with Crippen LogP contribution in [0.1, 0.15) is 42.6 Å². The van der Waals surface area contributed by atoms with Crippen LogP contribution in [0.15, 0.2) is 24.3 Å². The molecular formula is C25H32N6O4. The Morgan fingerprint density at radius 2 is 2.06 bits per heavy atom. The van der Waals surface area contributed by atoms with E-state index >= 15 is 0 Å². The Kier molecular flexibility index (Phi) is 7.87. The maximum atomic E-state index is 13.2. The standard InChI is InChI=1S/C25H32N6O4/c1-35-22-7-5-6-19-18(22)13-20(29-19)24(33)30-21(15-31-10-3-2-4-11-31)25(34)28-17(14-26)12-16-8-9-27-23(16)32/h5-7,13,16-17,21,29H,2-4,8-12,15H2,1H3,(H,27,32)(H,28,34)(H,30,33). The number of H-pyrrole nitrogens is 1. The highest BCUT2D eigenvalue weighted by atomic mass is 16.5. The molecule has 1 aromatic carbocycles. The Morgan fingerprint density at radius 3 is 2.74 bits per heavy atom. The van der Waals surface area contributed by atoms with Gasteiger partial charge in [-0.3, -0.25) is 14.4 Å². The van der Waals surface area contributed by atoms with Gasteiger partial charge < -0.3 is 30.6 Å². The Bertz CT molecular complexity index is 1120. The fourth-order valence-corrected chi connectivity index (χ4v) is 4.83. The van der Waals surface area contributed by atoms with Gasteiger partial charge in [0.05, 0.1) is 13.2 Å². The molecule has 0 aliphatic carbocycles. The molecule has 3 atom stereocenters. The molecule has 3 heterocycles. The molecule has 2 aromatic rings. The van der Waals surface area contributed by atoms with E-state index in [9.17, 15) is 19.6 Å². The molecule has 2 fully saturated rings. The smallest absolute Gasteiger partial charge is 0.268 e. The van der Waals surface area contributed by atoms with E-state index < -0.39 is 23.9 Å². The van der Waals surface area contributed by atoms with Gasteiger partial charge in [-0.2, -0.15) is 5.26 Å². The second kappa shape index (κ2) is 11.2. The quantitative estimate of drug-likeness (QED) is 0.427. The topological polar surface area (TPSA) is 139 Å². The first-order valence-electron chi connectivity index (χ1n) is 12.1. The second-order valence-corrected chi connectivity index (χ2v) is 9.19. The first-order chi connectivity index (χ1) is 17.0. The maximum absolute atomic E-state index is 13.2. The van der Waals surface area contributed by atoms with E-state index in [1.807, 2.05) is 18.2 Å². The molecule has 2 aliphatic heterocycles. The number of hydrogen-bond acceptors (Lipinski definition) is 6. The summed E-state index contributed by atoms with van der Waals surface area (Å²) in [7, 11) is 1.57. The first kappa shape index (κ1) is 24.5. The molecule has 35 heavy (non-hydrogen) atoms. The van der Waals surface area contributed by atoms with Crippen LogP contribution < -0.4 is 20.7 Å². The highest BCUT2D eigenvalue weighted by Crippen LogP contribution is 2.26. The van der Waals surface area contributed by atoms with E-state index in [1.54, 1.807) is 13.2 Å². The number of benzene rings is 1. The number of carbonyl (C=O) groups is 3. The number of fused-ring (bicyclic) bond motifs is 1. The lowest BCUT2D eigenvalue weighted by Crippen LogP contribution is -2.55. The molecule has 0 bridgehead atoms. The highest BCUT2D eigenvalue weighted by molar-refractivity contribution is 6.01. The summed E-state index contributed by atoms with van der Waals surface area (Å²) in [5.74, 6) is -0.580. The Balaban J connectivity index is 1.48. The number of nitrogens with one attached hydrogen (secondary N) is 4. The summed E-state index contributed by atoms with van der Waals surface area (Å²) in [5.41, 5.74) is 1.08. The summed E-state index contributed by atoms with van der Waals surface area (Å²) in [6.45, 7) is 2.64. The first-order valence-corrected chi connectivity index (χ1v) is 12.1. The van der Waals surface area contributed by atoms with Crippen LogP contribution in [0.5, 0.6) is 5.75 Å². The molecule has 1 aromatic heterocycles. The summed E-state index contributed by atoms with van der Waals surface area (Å²) in [6, 6.07) is 7.64. The number of nitrogens with zero attached hydrogens (tertiary/aromatic N) is 2. The van der Waals surface area contributed by atoms with Crippen LogP contribution in [0.2, 0.25) is 0 Å². The van der Waals surface area contributed by atoms with E-state index in [0.29, 0.717) is 31.0 Å². The maximum Gasteiger partial charge on any atom is 0.268 e. The number of ether oxygens (including phenoxy) is 1. The molecule has 2 saturated heterocycles. The molecule has 0 spiro atoms. The Hall–Kier alpha value is -3.58. The van der Waals surface area contributed by atoms with Crippen LogP contribution in [0.25, 0.3) is 10.9 Å². The molecule has 10 heteroatoms. The molecule has 4 N–H and O–H groups in total. The van der Waals surface area contributed by atoms with Gasteiger partial charge in [0, 0.05) is 29.9 Å². The Labute approximate surface area is 204 Å². The normalized spacial score (nSPS) is 20.0. The average molecular weight is 481 g/mol. The van der Waals surface area contributed by atoms with Crippen molar-refractivity contribution in [1.29, 1.82) is 5.26 Å². The number of carbonyl (C=O) groups excluding carboxylic acids is 3. The SMILES string of the molecule is COc1cccc2[nH]c(C(=O)NC(CN3CCCCC3)C(=O)NC(C#N)CC3CCNC3=O)cc12. The van der Waals surface area contributed by atoms with Gasteiger partial charge in [-0.05, 0) is 57.0 Å². The van der Waals surface area contributed by atoms with Gasteiger partial charge in [-0.15, -0.1) is 0 Å². The van der Waals surface area contributed by atoms with Crippen LogP contribution in [0, 0.1) is 17.2 Å². The lowest BCUT2D eigenvalue weighted by Gasteiger charge is -2.30. The number of aromatic amines is 1. The number of likely N-dealkylation sites (tertiary alicyclic amines) is 1. The zero-order valence-electron chi connectivity index (χ0n) is 19.9. The van der Waals surface area contributed by atoms with Gasteiger partial charge in [-0.1, -0.05) is 12.5 Å². The lowest BCUT2D eigenvalue weighted by atomic mass is 9.99. The van der Waals surface area contributed by atoms with Crippen molar-refractivity contribution in [2.24, 2.45) is 5.92 Å². The third-order valence-corrected chi connectivity index (χ3v) is 6.76. The molecule has 186 valence electrons. The average Bonchev–Trinajstić information content (AvgIpc) is 3.49. The summed E-state index contributed by atoms with van der Waals surface area (Å²) < 4.78 is 5.38. The number of methoxy groups -OCH3 is 1. The van der Waals surface area contributed by atoms with Gasteiger partial charge >= 0.3 is 0 Å². The molecule has 3 unspecified atom stereocenters. The molecule has 0 saturated carbocycles. The van der Waals surface area contributed by atoms with Gasteiger partial charge in [0.1, 0.15) is 23.5 Å². The predicted octanol–water partition coefficient (Wildman–Crippen LogP) is 1.30. The molecular weight excluding hydrogens is 448 g/mol. The fraction of sp³-hybridized carbons (Fsp3) is 0.520. The lowest BCUT2D eigenvalue weighted by molar-refractivity contribution is -0.125. The molecule has 0 radical (unpaired) electrons. The number of piperidine rings is 1. The van der Waals surface area contributed by atoms with Gasteiger partial charge in [-0.25, -0.2) is 0 Å². The van der Waals surface area contributed by atoms with Crippen molar-refractivity contribution in [2.75, 3.05) is 33.3 Å². The number of nitriles is 1. The summed E-state index contributed by atoms with van der Waals surface area (Å²) in [6.07, 6.45) is 4.13. The van der Waals surface area contributed by atoms with Crippen molar-refractivity contribution in [3.8, 4) is 11.8 Å². The Morgan fingerprint density at radius 1 is 1.26 bits per heavy atom.